The Hall–Kier alpha value is -2.39. The number of nitrogens with one attached hydrogen (secondary N) is 2. The first-order valence-corrected chi connectivity index (χ1v) is 10.3. The fourth-order valence-electron chi connectivity index (χ4n) is 2.58. The van der Waals surface area contributed by atoms with Crippen molar-refractivity contribution in [3.8, 4) is 0 Å². The summed E-state index contributed by atoms with van der Waals surface area (Å²) < 4.78 is 8.00. The predicted octanol–water partition coefficient (Wildman–Crippen LogP) is 4.64. The maximum absolute atomic E-state index is 12.5. The van der Waals surface area contributed by atoms with Gasteiger partial charge in [-0.05, 0) is 61.0 Å². The second kappa shape index (κ2) is 8.32. The summed E-state index contributed by atoms with van der Waals surface area (Å²) in [4.78, 5) is 29.5. The van der Waals surface area contributed by atoms with Gasteiger partial charge in [-0.15, -0.1) is 11.3 Å². The summed E-state index contributed by atoms with van der Waals surface area (Å²) in [6, 6.07) is 11.2. The van der Waals surface area contributed by atoms with Crippen molar-refractivity contribution in [3.05, 3.63) is 45.1 Å². The molecule has 28 heavy (non-hydrogen) atoms. The van der Waals surface area contributed by atoms with E-state index in [0.29, 0.717) is 23.9 Å². The second-order valence-corrected chi connectivity index (χ2v) is 9.53. The molecule has 2 aromatic heterocycles. The third kappa shape index (κ3) is 5.11. The number of hydrogen-bond acceptors (Lipinski definition) is 5. The van der Waals surface area contributed by atoms with E-state index in [2.05, 4.69) is 31.5 Å². The van der Waals surface area contributed by atoms with Gasteiger partial charge in [-0.25, -0.2) is 9.78 Å². The van der Waals surface area contributed by atoms with Gasteiger partial charge in [0.2, 0.25) is 5.95 Å². The zero-order valence-electron chi connectivity index (χ0n) is 15.8. The molecule has 2 heterocycles. The van der Waals surface area contributed by atoms with Crippen molar-refractivity contribution < 1.29 is 14.3 Å². The monoisotopic (exact) mass is 464 g/mol. The van der Waals surface area contributed by atoms with E-state index in [1.165, 1.54) is 11.3 Å². The average molecular weight is 465 g/mol. The molecule has 9 heteroatoms. The number of aromatic nitrogens is 2. The van der Waals surface area contributed by atoms with E-state index in [9.17, 15) is 9.59 Å². The highest BCUT2D eigenvalue weighted by atomic mass is 79.9. The van der Waals surface area contributed by atoms with E-state index < -0.39 is 11.7 Å². The van der Waals surface area contributed by atoms with Crippen LogP contribution >= 0.6 is 27.3 Å². The predicted molar refractivity (Wildman–Crippen MR) is 114 cm³/mol. The molecule has 0 radical (unpaired) electrons. The molecular weight excluding hydrogens is 444 g/mol. The van der Waals surface area contributed by atoms with Crippen molar-refractivity contribution in [2.75, 3.05) is 11.9 Å². The van der Waals surface area contributed by atoms with Gasteiger partial charge in [0.15, 0.2) is 0 Å². The first-order valence-electron chi connectivity index (χ1n) is 8.72. The molecule has 0 saturated carbocycles. The largest absolute Gasteiger partial charge is 0.444 e. The van der Waals surface area contributed by atoms with E-state index in [4.69, 9.17) is 4.74 Å². The molecule has 0 aliphatic heterocycles. The quantitative estimate of drug-likeness (QED) is 0.575. The van der Waals surface area contributed by atoms with Crippen LogP contribution in [0.3, 0.4) is 0 Å². The lowest BCUT2D eigenvalue weighted by Crippen LogP contribution is -2.34. The summed E-state index contributed by atoms with van der Waals surface area (Å²) in [6.07, 6.45) is -0.481. The maximum atomic E-state index is 12.5. The number of para-hydroxylation sites is 2. The number of fused-ring (bicyclic) bond motifs is 1. The molecule has 0 atom stereocenters. The minimum absolute atomic E-state index is 0.229. The molecule has 2 amide bonds. The van der Waals surface area contributed by atoms with Crippen LogP contribution in [0.5, 0.6) is 0 Å². The second-order valence-electron chi connectivity index (χ2n) is 7.06. The van der Waals surface area contributed by atoms with Crippen LogP contribution < -0.4 is 10.6 Å². The van der Waals surface area contributed by atoms with Crippen LogP contribution in [0.1, 0.15) is 30.4 Å². The van der Waals surface area contributed by atoms with Crippen molar-refractivity contribution in [3.63, 3.8) is 0 Å². The van der Waals surface area contributed by atoms with Crippen molar-refractivity contribution >= 4 is 56.2 Å². The van der Waals surface area contributed by atoms with Crippen LogP contribution in [0.2, 0.25) is 0 Å². The van der Waals surface area contributed by atoms with Crippen molar-refractivity contribution in [1.29, 1.82) is 0 Å². The number of carbonyl (C=O) groups is 2. The third-order valence-corrected chi connectivity index (χ3v) is 5.30. The van der Waals surface area contributed by atoms with Gasteiger partial charge in [0.05, 0.1) is 19.7 Å². The Bertz CT molecular complexity index is 1010. The lowest BCUT2D eigenvalue weighted by molar-refractivity contribution is 0.0526. The van der Waals surface area contributed by atoms with Gasteiger partial charge in [0, 0.05) is 13.1 Å². The van der Waals surface area contributed by atoms with Gasteiger partial charge in [-0.3, -0.25) is 10.1 Å². The Morgan fingerprint density at radius 1 is 1.21 bits per heavy atom. The van der Waals surface area contributed by atoms with Crippen LogP contribution in [-0.2, 0) is 11.3 Å². The smallest absolute Gasteiger partial charge is 0.407 e. The summed E-state index contributed by atoms with van der Waals surface area (Å²) in [5.74, 6) is 0.203. The molecule has 0 aliphatic carbocycles. The van der Waals surface area contributed by atoms with Crippen LogP contribution in [-0.4, -0.2) is 33.7 Å². The number of rotatable bonds is 5. The summed E-state index contributed by atoms with van der Waals surface area (Å²) in [5, 5.41) is 5.60. The molecule has 0 saturated heterocycles. The van der Waals surface area contributed by atoms with Crippen molar-refractivity contribution in [1.82, 2.24) is 14.9 Å². The van der Waals surface area contributed by atoms with Crippen molar-refractivity contribution in [2.24, 2.45) is 0 Å². The van der Waals surface area contributed by atoms with Crippen LogP contribution in [0.15, 0.2) is 40.2 Å². The topological polar surface area (TPSA) is 85.2 Å². The highest BCUT2D eigenvalue weighted by Crippen LogP contribution is 2.24. The Labute approximate surface area is 175 Å². The van der Waals surface area contributed by atoms with Crippen LogP contribution in [0.4, 0.5) is 10.7 Å². The number of imidazole rings is 1. The van der Waals surface area contributed by atoms with Crippen LogP contribution in [0, 0.1) is 0 Å². The molecule has 0 bridgehead atoms. The zero-order chi connectivity index (χ0) is 20.3. The Morgan fingerprint density at radius 3 is 2.64 bits per heavy atom. The molecule has 0 fully saturated rings. The number of benzene rings is 1. The maximum Gasteiger partial charge on any atom is 0.407 e. The van der Waals surface area contributed by atoms with E-state index in [-0.39, 0.29) is 5.91 Å². The summed E-state index contributed by atoms with van der Waals surface area (Å²) in [7, 11) is 0. The number of alkyl carbamates (subject to hydrolysis) is 1. The minimum atomic E-state index is -0.556. The number of halogens is 1. The number of carbonyl (C=O) groups excluding carboxylic acids is 2. The lowest BCUT2D eigenvalue weighted by Gasteiger charge is -2.20. The number of hydrogen-bond donors (Lipinski definition) is 2. The Kier molecular flexibility index (Phi) is 6.04. The Morgan fingerprint density at radius 2 is 1.96 bits per heavy atom. The average Bonchev–Trinajstić information content (AvgIpc) is 3.17. The number of anilines is 1. The molecule has 0 spiro atoms. The third-order valence-electron chi connectivity index (χ3n) is 3.68. The molecular formula is C19H21BrN4O3S. The van der Waals surface area contributed by atoms with E-state index in [0.717, 1.165) is 14.8 Å². The molecule has 3 aromatic rings. The number of amides is 2. The molecule has 2 N–H and O–H groups in total. The minimum Gasteiger partial charge on any atom is -0.444 e. The van der Waals surface area contributed by atoms with Gasteiger partial charge in [0.25, 0.3) is 5.91 Å². The van der Waals surface area contributed by atoms with Gasteiger partial charge in [-0.1, -0.05) is 12.1 Å². The summed E-state index contributed by atoms with van der Waals surface area (Å²) >= 11 is 4.71. The van der Waals surface area contributed by atoms with E-state index in [1.54, 1.807) is 6.07 Å². The fraction of sp³-hybridized carbons (Fsp3) is 0.316. The van der Waals surface area contributed by atoms with Crippen molar-refractivity contribution in [2.45, 2.75) is 32.9 Å². The van der Waals surface area contributed by atoms with Gasteiger partial charge in [0.1, 0.15) is 5.60 Å². The first kappa shape index (κ1) is 20.3. The number of ether oxygens (including phenoxy) is 1. The van der Waals surface area contributed by atoms with E-state index in [1.807, 2.05) is 55.7 Å². The van der Waals surface area contributed by atoms with E-state index >= 15 is 0 Å². The molecule has 7 nitrogen and oxygen atoms in total. The highest BCUT2D eigenvalue weighted by Gasteiger charge is 2.18. The molecule has 148 valence electrons. The number of nitrogens with zero attached hydrogens (tertiary/aromatic N) is 2. The lowest BCUT2D eigenvalue weighted by atomic mass is 10.2. The van der Waals surface area contributed by atoms with Gasteiger partial charge in [-0.2, -0.15) is 0 Å². The zero-order valence-corrected chi connectivity index (χ0v) is 18.2. The standard InChI is InChI=1S/C19H21BrN4O3S/c1-19(2,3)27-18(26)21-10-11-24-13-7-5-4-6-12(13)22-17(24)23-16(25)14-8-9-15(20)28-14/h4-9H,10-11H2,1-3H3,(H,21,26)(H,22,23,25). The normalized spacial score (nSPS) is 11.4. The summed E-state index contributed by atoms with van der Waals surface area (Å²) in [6.45, 7) is 6.21. The fourth-order valence-corrected chi connectivity index (χ4v) is 3.86. The number of thiophene rings is 1. The molecule has 3 rings (SSSR count). The van der Waals surface area contributed by atoms with Gasteiger partial charge >= 0.3 is 6.09 Å². The van der Waals surface area contributed by atoms with Gasteiger partial charge < -0.3 is 14.6 Å². The first-order chi connectivity index (χ1) is 13.2. The summed E-state index contributed by atoms with van der Waals surface area (Å²) in [5.41, 5.74) is 1.08. The SMILES string of the molecule is CC(C)(C)OC(=O)NCCn1c(NC(=O)c2ccc(Br)s2)nc2ccccc21. The molecule has 1 aromatic carbocycles. The Balaban J connectivity index is 1.75. The van der Waals surface area contributed by atoms with Crippen LogP contribution in [0.25, 0.3) is 11.0 Å². The molecule has 0 aliphatic rings. The molecule has 0 unspecified atom stereocenters. The highest BCUT2D eigenvalue weighted by molar-refractivity contribution is 9.11.